The number of nitrogen functional groups attached to an aromatic ring is 1. The van der Waals surface area contributed by atoms with E-state index >= 15 is 0 Å². The number of ether oxygens (including phenoxy) is 1. The van der Waals surface area contributed by atoms with Crippen molar-refractivity contribution >= 4 is 40.1 Å². The molecule has 1 spiro atoms. The van der Waals surface area contributed by atoms with Crippen LogP contribution in [0.25, 0.3) is 16.6 Å². The van der Waals surface area contributed by atoms with E-state index in [-0.39, 0.29) is 34.5 Å². The van der Waals surface area contributed by atoms with Gasteiger partial charge in [0.25, 0.3) is 5.91 Å². The predicted octanol–water partition coefficient (Wildman–Crippen LogP) is 5.69. The van der Waals surface area contributed by atoms with Gasteiger partial charge in [0, 0.05) is 10.9 Å². The van der Waals surface area contributed by atoms with E-state index in [1.165, 1.54) is 21.8 Å². The average Bonchev–Trinajstić information content (AvgIpc) is 3.62. The SMILES string of the molecule is Cc1cc2cc(C(=O)c3cnn(-c4ccc(Oc5ccccc5F)cc4C)c3N)[nH]c2cc1N1C(=O)NC2(CCC2)C1=O. The molecule has 11 heteroatoms. The fourth-order valence-corrected chi connectivity index (χ4v) is 5.81. The lowest BCUT2D eigenvalue weighted by molar-refractivity contribution is -0.124. The van der Waals surface area contributed by atoms with E-state index in [0.29, 0.717) is 35.5 Å². The molecule has 10 nitrogen and oxygen atoms in total. The maximum atomic E-state index is 14.0. The second-order valence-corrected chi connectivity index (χ2v) is 11.1. The first kappa shape index (κ1) is 26.4. The Bertz CT molecular complexity index is 1990. The van der Waals surface area contributed by atoms with E-state index in [0.717, 1.165) is 22.9 Å². The van der Waals surface area contributed by atoms with Crippen molar-refractivity contribution in [3.63, 3.8) is 0 Å². The number of hydrogen-bond acceptors (Lipinski definition) is 6. The summed E-state index contributed by atoms with van der Waals surface area (Å²) in [6.45, 7) is 3.66. The number of H-pyrrole nitrogens is 1. The molecule has 5 aromatic rings. The van der Waals surface area contributed by atoms with Crippen LogP contribution in [0.2, 0.25) is 0 Å². The van der Waals surface area contributed by atoms with Crippen LogP contribution in [0, 0.1) is 19.7 Å². The molecule has 3 aromatic carbocycles. The number of carbonyl (C=O) groups is 3. The summed E-state index contributed by atoms with van der Waals surface area (Å²) in [5.41, 5.74) is 9.31. The number of ketones is 1. The number of hydrogen-bond donors (Lipinski definition) is 3. The summed E-state index contributed by atoms with van der Waals surface area (Å²) in [6, 6.07) is 16.1. The summed E-state index contributed by atoms with van der Waals surface area (Å²) in [7, 11) is 0. The molecule has 0 bridgehead atoms. The molecule has 2 aliphatic rings. The highest BCUT2D eigenvalue weighted by Gasteiger charge is 2.55. The van der Waals surface area contributed by atoms with Crippen LogP contribution >= 0.6 is 0 Å². The van der Waals surface area contributed by atoms with Gasteiger partial charge < -0.3 is 20.8 Å². The third-order valence-electron chi connectivity index (χ3n) is 8.30. The zero-order valence-electron chi connectivity index (χ0n) is 23.4. The van der Waals surface area contributed by atoms with Gasteiger partial charge in [-0.3, -0.25) is 9.59 Å². The van der Waals surface area contributed by atoms with Gasteiger partial charge >= 0.3 is 6.03 Å². The Labute approximate surface area is 245 Å². The number of aromatic amines is 1. The van der Waals surface area contributed by atoms with Crippen LogP contribution in [0.15, 0.2) is 66.9 Å². The number of amides is 3. The Hall–Kier alpha value is -5.45. The lowest BCUT2D eigenvalue weighted by Crippen LogP contribution is -2.52. The van der Waals surface area contributed by atoms with Gasteiger partial charge in [-0.2, -0.15) is 5.10 Å². The Morgan fingerprint density at radius 2 is 1.79 bits per heavy atom. The predicted molar refractivity (Wildman–Crippen MR) is 158 cm³/mol. The number of fused-ring (bicyclic) bond motifs is 1. The molecule has 7 rings (SSSR count). The Morgan fingerprint density at radius 3 is 2.49 bits per heavy atom. The van der Waals surface area contributed by atoms with Crippen molar-refractivity contribution in [2.45, 2.75) is 38.6 Å². The lowest BCUT2D eigenvalue weighted by atomic mass is 9.77. The molecule has 2 fully saturated rings. The number of rotatable bonds is 6. The molecule has 0 unspecified atom stereocenters. The molecular formula is C32H27FN6O4. The van der Waals surface area contributed by atoms with Crippen LogP contribution in [-0.2, 0) is 4.79 Å². The van der Waals surface area contributed by atoms with Crippen LogP contribution in [-0.4, -0.2) is 38.0 Å². The standard InChI is InChI=1S/C32H27FN6O4/c1-17-12-19-14-24(36-23(19)15-26(17)38-30(41)32(10-5-11-32)37-31(38)42)28(40)21-16-35-39(29(21)34)25-9-8-20(13-18(25)2)43-27-7-4-3-6-22(27)33/h3-4,6-9,12-16,36H,5,10-11,34H2,1-2H3,(H,37,42). The van der Waals surface area contributed by atoms with E-state index in [1.807, 2.05) is 19.9 Å². The van der Waals surface area contributed by atoms with Crippen molar-refractivity contribution in [3.8, 4) is 17.2 Å². The summed E-state index contributed by atoms with van der Waals surface area (Å²) in [5.74, 6) is -0.367. The average molecular weight is 579 g/mol. The number of halogens is 1. The number of aryl methyl sites for hydroxylation is 2. The minimum Gasteiger partial charge on any atom is -0.454 e. The van der Waals surface area contributed by atoms with Gasteiger partial charge in [-0.15, -0.1) is 0 Å². The monoisotopic (exact) mass is 578 g/mol. The van der Waals surface area contributed by atoms with Crippen LogP contribution in [0.3, 0.4) is 0 Å². The molecule has 1 aliphatic carbocycles. The normalized spacial score (nSPS) is 15.7. The minimum atomic E-state index is -0.793. The summed E-state index contributed by atoms with van der Waals surface area (Å²) in [4.78, 5) is 43.8. The van der Waals surface area contributed by atoms with E-state index in [9.17, 15) is 18.8 Å². The van der Waals surface area contributed by atoms with Gasteiger partial charge in [-0.05, 0) is 92.8 Å². The topological polar surface area (TPSA) is 135 Å². The molecule has 3 heterocycles. The van der Waals surface area contributed by atoms with Gasteiger partial charge in [0.1, 0.15) is 17.1 Å². The zero-order valence-corrected chi connectivity index (χ0v) is 23.4. The number of aromatic nitrogens is 3. The highest BCUT2D eigenvalue weighted by atomic mass is 19.1. The first-order valence-electron chi connectivity index (χ1n) is 13.9. The third-order valence-corrected chi connectivity index (χ3v) is 8.30. The number of nitrogens with one attached hydrogen (secondary N) is 2. The highest BCUT2D eigenvalue weighted by molar-refractivity contribution is 6.24. The fraction of sp³-hybridized carbons (Fsp3) is 0.188. The summed E-state index contributed by atoms with van der Waals surface area (Å²) in [5, 5.41) is 7.97. The van der Waals surface area contributed by atoms with Gasteiger partial charge in [-0.25, -0.2) is 18.8 Å². The van der Waals surface area contributed by atoms with Crippen LogP contribution in [0.4, 0.5) is 20.7 Å². The number of nitrogens with zero attached hydrogens (tertiary/aromatic N) is 3. The number of imide groups is 1. The van der Waals surface area contributed by atoms with Crippen molar-refractivity contribution in [3.05, 3.63) is 95.1 Å². The summed E-state index contributed by atoms with van der Waals surface area (Å²) < 4.78 is 21.2. The largest absolute Gasteiger partial charge is 0.454 e. The molecule has 2 aromatic heterocycles. The molecule has 1 saturated heterocycles. The van der Waals surface area contributed by atoms with Crippen LogP contribution < -0.4 is 20.7 Å². The third kappa shape index (κ3) is 4.15. The Kier molecular flexibility index (Phi) is 5.87. The Morgan fingerprint density at radius 1 is 1.02 bits per heavy atom. The fourth-order valence-electron chi connectivity index (χ4n) is 5.81. The van der Waals surface area contributed by atoms with Gasteiger partial charge in [0.2, 0.25) is 5.78 Å². The smallest absolute Gasteiger partial charge is 0.329 e. The van der Waals surface area contributed by atoms with Crippen molar-refractivity contribution in [2.24, 2.45) is 0 Å². The molecule has 1 saturated carbocycles. The van der Waals surface area contributed by atoms with E-state index in [2.05, 4.69) is 15.4 Å². The van der Waals surface area contributed by atoms with Gasteiger partial charge in [-0.1, -0.05) is 12.1 Å². The van der Waals surface area contributed by atoms with E-state index in [4.69, 9.17) is 10.5 Å². The maximum absolute atomic E-state index is 14.0. The molecule has 3 amide bonds. The number of para-hydroxylation sites is 1. The number of nitrogens with two attached hydrogens (primary N) is 1. The molecule has 0 radical (unpaired) electrons. The lowest BCUT2D eigenvalue weighted by Gasteiger charge is -2.34. The van der Waals surface area contributed by atoms with Gasteiger partial charge in [0.05, 0.1) is 28.8 Å². The van der Waals surface area contributed by atoms with Crippen molar-refractivity contribution < 1.29 is 23.5 Å². The first-order valence-corrected chi connectivity index (χ1v) is 13.9. The first-order chi connectivity index (χ1) is 20.6. The van der Waals surface area contributed by atoms with E-state index in [1.54, 1.807) is 48.5 Å². The van der Waals surface area contributed by atoms with Crippen LogP contribution in [0.1, 0.15) is 46.4 Å². The number of carbonyl (C=O) groups excluding carboxylic acids is 3. The van der Waals surface area contributed by atoms with Crippen molar-refractivity contribution in [2.75, 3.05) is 10.6 Å². The van der Waals surface area contributed by atoms with Crippen molar-refractivity contribution in [1.29, 1.82) is 0 Å². The minimum absolute atomic E-state index is 0.111. The molecule has 4 N–H and O–H groups in total. The summed E-state index contributed by atoms with van der Waals surface area (Å²) in [6.07, 6.45) is 3.58. The summed E-state index contributed by atoms with van der Waals surface area (Å²) >= 11 is 0. The second-order valence-electron chi connectivity index (χ2n) is 11.1. The molecule has 216 valence electrons. The quantitative estimate of drug-likeness (QED) is 0.175. The number of anilines is 2. The number of benzene rings is 3. The highest BCUT2D eigenvalue weighted by Crippen LogP contribution is 2.40. The second kappa shape index (κ2) is 9.55. The van der Waals surface area contributed by atoms with Gasteiger partial charge in [0.15, 0.2) is 11.6 Å². The number of urea groups is 1. The van der Waals surface area contributed by atoms with Crippen molar-refractivity contribution in [1.82, 2.24) is 20.1 Å². The Balaban J connectivity index is 1.16. The van der Waals surface area contributed by atoms with Crippen LogP contribution in [0.5, 0.6) is 11.5 Å². The molecule has 43 heavy (non-hydrogen) atoms. The van der Waals surface area contributed by atoms with E-state index < -0.39 is 17.4 Å². The maximum Gasteiger partial charge on any atom is 0.329 e. The molecular weight excluding hydrogens is 551 g/mol. The molecule has 1 aliphatic heterocycles. The zero-order chi connectivity index (χ0) is 30.0. The molecule has 0 atom stereocenters.